The van der Waals surface area contributed by atoms with Crippen molar-refractivity contribution in [2.24, 2.45) is 0 Å². The van der Waals surface area contributed by atoms with E-state index in [-0.39, 0.29) is 10.6 Å². The van der Waals surface area contributed by atoms with Crippen molar-refractivity contribution in [3.8, 4) is 0 Å². The lowest BCUT2D eigenvalue weighted by Gasteiger charge is -2.35. The van der Waals surface area contributed by atoms with Gasteiger partial charge in [0.1, 0.15) is 5.02 Å². The lowest BCUT2D eigenvalue weighted by atomic mass is 9.89. The number of nitrogens with zero attached hydrogens (tertiary/aromatic N) is 2. The van der Waals surface area contributed by atoms with Gasteiger partial charge in [0.25, 0.3) is 5.56 Å². The molecule has 1 N–H and O–H groups in total. The summed E-state index contributed by atoms with van der Waals surface area (Å²) in [6, 6.07) is 0.315. The number of aryl methyl sites for hydroxylation is 1. The van der Waals surface area contributed by atoms with Crippen LogP contribution in [0.15, 0.2) is 11.0 Å². The zero-order valence-corrected chi connectivity index (χ0v) is 11.4. The largest absolute Gasteiger partial charge is 0.381 e. The Morgan fingerprint density at radius 2 is 2.33 bits per heavy atom. The van der Waals surface area contributed by atoms with E-state index in [9.17, 15) is 4.79 Å². The molecular weight excluding hydrogens is 254 g/mol. The number of halogens is 1. The fraction of sp³-hybridized carbons (Fsp3) is 0.667. The van der Waals surface area contributed by atoms with E-state index in [1.165, 1.54) is 4.68 Å². The Bertz CT molecular complexity index is 469. The maximum atomic E-state index is 11.9. The molecule has 0 amide bonds. The molecule has 1 fully saturated rings. The number of hydrogen-bond donors (Lipinski definition) is 1. The highest BCUT2D eigenvalue weighted by Gasteiger charge is 2.29. The molecule has 1 heterocycles. The summed E-state index contributed by atoms with van der Waals surface area (Å²) in [5, 5.41) is 7.56. The van der Waals surface area contributed by atoms with Gasteiger partial charge in [-0.05, 0) is 19.3 Å². The van der Waals surface area contributed by atoms with Crippen LogP contribution in [0.5, 0.6) is 0 Å². The van der Waals surface area contributed by atoms with Crippen LogP contribution in [-0.2, 0) is 11.3 Å². The quantitative estimate of drug-likeness (QED) is 0.889. The third-order valence-corrected chi connectivity index (χ3v) is 3.57. The molecule has 18 heavy (non-hydrogen) atoms. The van der Waals surface area contributed by atoms with E-state index in [0.29, 0.717) is 24.4 Å². The normalized spacial score (nSPS) is 22.6. The monoisotopic (exact) mass is 271 g/mol. The molecule has 1 aromatic heterocycles. The molecule has 0 unspecified atom stereocenters. The van der Waals surface area contributed by atoms with E-state index in [1.54, 1.807) is 13.3 Å². The first-order valence-corrected chi connectivity index (χ1v) is 6.58. The first kappa shape index (κ1) is 13.4. The van der Waals surface area contributed by atoms with Crippen LogP contribution in [-0.4, -0.2) is 29.0 Å². The predicted octanol–water partition coefficient (Wildman–Crippen LogP) is 1.90. The van der Waals surface area contributed by atoms with Crippen molar-refractivity contribution in [2.45, 2.75) is 44.9 Å². The SMILES string of the molecule is CCCn1ncc(NC2CC(OC)C2)c(Cl)c1=O. The Kier molecular flexibility index (Phi) is 4.24. The van der Waals surface area contributed by atoms with Crippen molar-refractivity contribution >= 4 is 17.3 Å². The first-order valence-electron chi connectivity index (χ1n) is 6.20. The van der Waals surface area contributed by atoms with Gasteiger partial charge in [0.05, 0.1) is 18.0 Å². The van der Waals surface area contributed by atoms with Crippen molar-refractivity contribution in [1.29, 1.82) is 0 Å². The molecule has 1 aliphatic carbocycles. The van der Waals surface area contributed by atoms with Gasteiger partial charge in [-0.15, -0.1) is 0 Å². The van der Waals surface area contributed by atoms with Gasteiger partial charge in [0, 0.05) is 19.7 Å². The van der Waals surface area contributed by atoms with Crippen LogP contribution in [0.2, 0.25) is 5.02 Å². The fourth-order valence-corrected chi connectivity index (χ4v) is 2.23. The van der Waals surface area contributed by atoms with Crippen molar-refractivity contribution in [3.63, 3.8) is 0 Å². The smallest absolute Gasteiger partial charge is 0.287 e. The van der Waals surface area contributed by atoms with Crippen molar-refractivity contribution < 1.29 is 4.74 Å². The molecule has 1 aromatic rings. The van der Waals surface area contributed by atoms with Crippen LogP contribution >= 0.6 is 11.6 Å². The van der Waals surface area contributed by atoms with Gasteiger partial charge in [0.2, 0.25) is 0 Å². The Morgan fingerprint density at radius 1 is 1.61 bits per heavy atom. The van der Waals surface area contributed by atoms with Crippen LogP contribution in [0.4, 0.5) is 5.69 Å². The summed E-state index contributed by atoms with van der Waals surface area (Å²) in [6.07, 6.45) is 4.67. The minimum absolute atomic E-state index is 0.222. The molecule has 0 spiro atoms. The average Bonchev–Trinajstić information content (AvgIpc) is 2.32. The number of aromatic nitrogens is 2. The van der Waals surface area contributed by atoms with Gasteiger partial charge >= 0.3 is 0 Å². The van der Waals surface area contributed by atoms with Gasteiger partial charge < -0.3 is 10.1 Å². The summed E-state index contributed by atoms with van der Waals surface area (Å²) >= 11 is 6.06. The lowest BCUT2D eigenvalue weighted by Crippen LogP contribution is -2.40. The maximum absolute atomic E-state index is 11.9. The van der Waals surface area contributed by atoms with E-state index in [0.717, 1.165) is 19.3 Å². The number of methoxy groups -OCH3 is 1. The summed E-state index contributed by atoms with van der Waals surface area (Å²) in [7, 11) is 1.71. The van der Waals surface area contributed by atoms with Crippen LogP contribution < -0.4 is 10.9 Å². The highest BCUT2D eigenvalue weighted by Crippen LogP contribution is 2.27. The summed E-state index contributed by atoms with van der Waals surface area (Å²) < 4.78 is 6.60. The van der Waals surface area contributed by atoms with Crippen LogP contribution in [0.3, 0.4) is 0 Å². The molecule has 1 aliphatic rings. The Hall–Kier alpha value is -1.07. The highest BCUT2D eigenvalue weighted by molar-refractivity contribution is 6.32. The predicted molar refractivity (Wildman–Crippen MR) is 71.2 cm³/mol. The molecule has 0 aliphatic heterocycles. The third-order valence-electron chi connectivity index (χ3n) is 3.21. The van der Waals surface area contributed by atoms with Gasteiger partial charge in [-0.1, -0.05) is 18.5 Å². The minimum Gasteiger partial charge on any atom is -0.381 e. The van der Waals surface area contributed by atoms with Crippen LogP contribution in [0.1, 0.15) is 26.2 Å². The highest BCUT2D eigenvalue weighted by atomic mass is 35.5. The molecule has 0 bridgehead atoms. The van der Waals surface area contributed by atoms with Gasteiger partial charge in [-0.3, -0.25) is 4.79 Å². The second kappa shape index (κ2) is 5.71. The second-order valence-corrected chi connectivity index (χ2v) is 4.95. The molecule has 6 heteroatoms. The minimum atomic E-state index is -0.230. The zero-order valence-electron chi connectivity index (χ0n) is 10.6. The van der Waals surface area contributed by atoms with Crippen molar-refractivity contribution in [3.05, 3.63) is 21.6 Å². The Labute approximate surface area is 111 Å². The average molecular weight is 272 g/mol. The standard InChI is InChI=1S/C12H18ClN3O2/c1-3-4-16-12(17)11(13)10(7-14-16)15-8-5-9(6-8)18-2/h7-9,15H,3-6H2,1-2H3. The number of nitrogens with one attached hydrogen (secondary N) is 1. The fourth-order valence-electron chi connectivity index (χ4n) is 2.03. The molecule has 0 atom stereocenters. The Morgan fingerprint density at radius 3 is 2.94 bits per heavy atom. The second-order valence-electron chi connectivity index (χ2n) is 4.57. The van der Waals surface area contributed by atoms with E-state index >= 15 is 0 Å². The first-order chi connectivity index (χ1) is 8.65. The number of ether oxygens (including phenoxy) is 1. The van der Waals surface area contributed by atoms with Gasteiger partial charge in [-0.2, -0.15) is 5.10 Å². The summed E-state index contributed by atoms with van der Waals surface area (Å²) in [5.74, 6) is 0. The van der Waals surface area contributed by atoms with E-state index < -0.39 is 0 Å². The van der Waals surface area contributed by atoms with Gasteiger partial charge in [-0.25, -0.2) is 4.68 Å². The summed E-state index contributed by atoms with van der Waals surface area (Å²) in [5.41, 5.74) is 0.389. The van der Waals surface area contributed by atoms with E-state index in [1.807, 2.05) is 6.92 Å². The molecule has 5 nitrogen and oxygen atoms in total. The zero-order chi connectivity index (χ0) is 13.1. The molecule has 0 saturated heterocycles. The van der Waals surface area contributed by atoms with E-state index in [2.05, 4.69) is 10.4 Å². The van der Waals surface area contributed by atoms with Crippen molar-refractivity contribution in [2.75, 3.05) is 12.4 Å². The summed E-state index contributed by atoms with van der Waals surface area (Å²) in [4.78, 5) is 11.9. The van der Waals surface area contributed by atoms with Crippen molar-refractivity contribution in [1.82, 2.24) is 9.78 Å². The topological polar surface area (TPSA) is 56.1 Å². The van der Waals surface area contributed by atoms with E-state index in [4.69, 9.17) is 16.3 Å². The number of hydrogen-bond acceptors (Lipinski definition) is 4. The Balaban J connectivity index is 2.06. The molecule has 100 valence electrons. The molecule has 0 radical (unpaired) electrons. The number of anilines is 1. The van der Waals surface area contributed by atoms with Crippen LogP contribution in [0.25, 0.3) is 0 Å². The molecule has 2 rings (SSSR count). The third kappa shape index (κ3) is 2.67. The number of rotatable bonds is 5. The molecular formula is C12H18ClN3O2. The molecule has 0 aromatic carbocycles. The maximum Gasteiger partial charge on any atom is 0.287 e. The van der Waals surface area contributed by atoms with Gasteiger partial charge in [0.15, 0.2) is 0 Å². The molecule has 1 saturated carbocycles. The van der Waals surface area contributed by atoms with Crippen LogP contribution in [0, 0.1) is 0 Å². The lowest BCUT2D eigenvalue weighted by molar-refractivity contribution is 0.0328. The summed E-state index contributed by atoms with van der Waals surface area (Å²) in [6.45, 7) is 2.58.